The van der Waals surface area contributed by atoms with E-state index in [9.17, 15) is 4.79 Å². The fraction of sp³-hybridized carbons (Fsp3) is 0.231. The van der Waals surface area contributed by atoms with Crippen molar-refractivity contribution >= 4 is 27.5 Å². The standard InChI is InChI=1S/C13H12BrN3O/c14-11-2-3-12-10(8-11)4-7-17(12)13(18)9-16-6-1-5-15-16/h1-3,5-6,8H,4,7,9H2. The number of anilines is 1. The predicted molar refractivity (Wildman–Crippen MR) is 72.4 cm³/mol. The molecule has 0 saturated heterocycles. The highest BCUT2D eigenvalue weighted by atomic mass is 79.9. The number of fused-ring (bicyclic) bond motifs is 1. The Morgan fingerprint density at radius 2 is 2.33 bits per heavy atom. The summed E-state index contributed by atoms with van der Waals surface area (Å²) in [6, 6.07) is 7.87. The largest absolute Gasteiger partial charge is 0.310 e. The zero-order chi connectivity index (χ0) is 12.5. The van der Waals surface area contributed by atoms with Gasteiger partial charge >= 0.3 is 0 Å². The third-order valence-electron chi connectivity index (χ3n) is 3.09. The summed E-state index contributed by atoms with van der Waals surface area (Å²) in [7, 11) is 0. The van der Waals surface area contributed by atoms with Gasteiger partial charge in [-0.15, -0.1) is 0 Å². The number of rotatable bonds is 2. The van der Waals surface area contributed by atoms with Gasteiger partial charge < -0.3 is 4.90 Å². The molecule has 18 heavy (non-hydrogen) atoms. The van der Waals surface area contributed by atoms with Crippen molar-refractivity contribution in [3.8, 4) is 0 Å². The molecular weight excluding hydrogens is 294 g/mol. The van der Waals surface area contributed by atoms with Crippen molar-refractivity contribution < 1.29 is 4.79 Å². The molecule has 1 aromatic heterocycles. The van der Waals surface area contributed by atoms with E-state index in [2.05, 4.69) is 27.1 Å². The molecule has 3 rings (SSSR count). The van der Waals surface area contributed by atoms with Gasteiger partial charge in [0.1, 0.15) is 6.54 Å². The first-order valence-electron chi connectivity index (χ1n) is 5.80. The van der Waals surface area contributed by atoms with E-state index in [1.54, 1.807) is 17.1 Å². The summed E-state index contributed by atoms with van der Waals surface area (Å²) in [5, 5.41) is 4.06. The second-order valence-corrected chi connectivity index (χ2v) is 5.19. The number of benzene rings is 1. The molecule has 0 saturated carbocycles. The van der Waals surface area contributed by atoms with Crippen molar-refractivity contribution in [2.24, 2.45) is 0 Å². The number of nitrogens with zero attached hydrogens (tertiary/aromatic N) is 3. The summed E-state index contributed by atoms with van der Waals surface area (Å²) in [6.07, 6.45) is 4.40. The normalized spacial score (nSPS) is 13.7. The second kappa shape index (κ2) is 4.57. The van der Waals surface area contributed by atoms with Crippen LogP contribution in [0.3, 0.4) is 0 Å². The molecule has 2 heterocycles. The zero-order valence-corrected chi connectivity index (χ0v) is 11.3. The molecule has 1 aliphatic rings. The molecule has 1 aromatic carbocycles. The summed E-state index contributed by atoms with van der Waals surface area (Å²) in [6.45, 7) is 1.05. The number of carbonyl (C=O) groups excluding carboxylic acids is 1. The molecule has 0 unspecified atom stereocenters. The maximum Gasteiger partial charge on any atom is 0.248 e. The number of carbonyl (C=O) groups is 1. The molecule has 1 amide bonds. The van der Waals surface area contributed by atoms with Crippen LogP contribution in [0.2, 0.25) is 0 Å². The molecule has 0 atom stereocenters. The molecule has 92 valence electrons. The van der Waals surface area contributed by atoms with Crippen molar-refractivity contribution in [2.75, 3.05) is 11.4 Å². The Balaban J connectivity index is 1.81. The molecule has 1 aliphatic heterocycles. The average Bonchev–Trinajstić information content (AvgIpc) is 2.97. The van der Waals surface area contributed by atoms with Crippen molar-refractivity contribution in [3.05, 3.63) is 46.7 Å². The van der Waals surface area contributed by atoms with Gasteiger partial charge in [0.25, 0.3) is 0 Å². The summed E-state index contributed by atoms with van der Waals surface area (Å²) < 4.78 is 2.71. The fourth-order valence-electron chi connectivity index (χ4n) is 2.25. The van der Waals surface area contributed by atoms with Crippen LogP contribution < -0.4 is 4.90 Å². The average molecular weight is 306 g/mol. The van der Waals surface area contributed by atoms with Crippen molar-refractivity contribution in [1.29, 1.82) is 0 Å². The molecule has 0 N–H and O–H groups in total. The minimum Gasteiger partial charge on any atom is -0.310 e. The second-order valence-electron chi connectivity index (χ2n) is 4.27. The number of aromatic nitrogens is 2. The highest BCUT2D eigenvalue weighted by molar-refractivity contribution is 9.10. The van der Waals surface area contributed by atoms with E-state index < -0.39 is 0 Å². The third-order valence-corrected chi connectivity index (χ3v) is 3.59. The van der Waals surface area contributed by atoms with Crippen LogP contribution in [0.15, 0.2) is 41.1 Å². The SMILES string of the molecule is O=C(Cn1cccn1)N1CCc2cc(Br)ccc21. The van der Waals surface area contributed by atoms with Crippen LogP contribution in [0.5, 0.6) is 0 Å². The Hall–Kier alpha value is -1.62. The lowest BCUT2D eigenvalue weighted by Gasteiger charge is -2.17. The Labute approximate surface area is 113 Å². The molecule has 0 aliphatic carbocycles. The smallest absolute Gasteiger partial charge is 0.248 e. The lowest BCUT2D eigenvalue weighted by molar-refractivity contribution is -0.119. The van der Waals surface area contributed by atoms with Crippen LogP contribution in [0.1, 0.15) is 5.56 Å². The first-order valence-corrected chi connectivity index (χ1v) is 6.59. The van der Waals surface area contributed by atoms with Crippen LogP contribution in [-0.4, -0.2) is 22.2 Å². The zero-order valence-electron chi connectivity index (χ0n) is 9.71. The van der Waals surface area contributed by atoms with Gasteiger partial charge in [0.05, 0.1) is 0 Å². The molecule has 2 aromatic rings. The van der Waals surface area contributed by atoms with Gasteiger partial charge in [-0.2, -0.15) is 5.10 Å². The van der Waals surface area contributed by atoms with E-state index in [1.165, 1.54) is 5.56 Å². The minimum atomic E-state index is 0.0831. The molecule has 0 radical (unpaired) electrons. The van der Waals surface area contributed by atoms with Crippen molar-refractivity contribution in [3.63, 3.8) is 0 Å². The maximum absolute atomic E-state index is 12.2. The lowest BCUT2D eigenvalue weighted by atomic mass is 10.2. The van der Waals surface area contributed by atoms with E-state index in [4.69, 9.17) is 0 Å². The van der Waals surface area contributed by atoms with Gasteiger partial charge in [0.15, 0.2) is 0 Å². The minimum absolute atomic E-state index is 0.0831. The monoisotopic (exact) mass is 305 g/mol. The third kappa shape index (κ3) is 2.06. The van der Waals surface area contributed by atoms with Gasteiger partial charge in [-0.05, 0) is 36.2 Å². The van der Waals surface area contributed by atoms with Crippen molar-refractivity contribution in [1.82, 2.24) is 9.78 Å². The van der Waals surface area contributed by atoms with Gasteiger partial charge in [0.2, 0.25) is 5.91 Å². The van der Waals surface area contributed by atoms with Gasteiger partial charge in [-0.25, -0.2) is 0 Å². The number of halogens is 1. The maximum atomic E-state index is 12.2. The summed E-state index contributed by atoms with van der Waals surface area (Å²) in [5.74, 6) is 0.0831. The van der Waals surface area contributed by atoms with E-state index in [-0.39, 0.29) is 5.91 Å². The Bertz CT molecular complexity index is 580. The predicted octanol–water partition coefficient (Wildman–Crippen LogP) is 2.23. The van der Waals surface area contributed by atoms with Gasteiger partial charge in [0, 0.05) is 29.1 Å². The van der Waals surface area contributed by atoms with E-state index >= 15 is 0 Å². The van der Waals surface area contributed by atoms with Crippen LogP contribution in [0.25, 0.3) is 0 Å². The first kappa shape index (κ1) is 11.5. The van der Waals surface area contributed by atoms with Crippen LogP contribution in [-0.2, 0) is 17.8 Å². The van der Waals surface area contributed by atoms with E-state index in [0.717, 1.165) is 23.1 Å². The van der Waals surface area contributed by atoms with E-state index in [0.29, 0.717) is 6.54 Å². The van der Waals surface area contributed by atoms with Crippen LogP contribution in [0.4, 0.5) is 5.69 Å². The number of hydrogen-bond acceptors (Lipinski definition) is 2. The quantitative estimate of drug-likeness (QED) is 0.853. The Morgan fingerprint density at radius 3 is 3.11 bits per heavy atom. The molecule has 4 nitrogen and oxygen atoms in total. The van der Waals surface area contributed by atoms with Crippen LogP contribution >= 0.6 is 15.9 Å². The summed E-state index contributed by atoms with van der Waals surface area (Å²) >= 11 is 3.45. The highest BCUT2D eigenvalue weighted by Gasteiger charge is 2.24. The molecule has 0 bridgehead atoms. The topological polar surface area (TPSA) is 38.1 Å². The van der Waals surface area contributed by atoms with Gasteiger partial charge in [-0.1, -0.05) is 15.9 Å². The van der Waals surface area contributed by atoms with Crippen LogP contribution in [0, 0.1) is 0 Å². The molecule has 0 spiro atoms. The van der Waals surface area contributed by atoms with Gasteiger partial charge in [-0.3, -0.25) is 9.48 Å². The van der Waals surface area contributed by atoms with Crippen molar-refractivity contribution in [2.45, 2.75) is 13.0 Å². The fourth-order valence-corrected chi connectivity index (χ4v) is 2.66. The highest BCUT2D eigenvalue weighted by Crippen LogP contribution is 2.30. The number of amides is 1. The van der Waals surface area contributed by atoms with E-state index in [1.807, 2.05) is 23.1 Å². The summed E-state index contributed by atoms with van der Waals surface area (Å²) in [4.78, 5) is 14.1. The molecular formula is C13H12BrN3O. The first-order chi connectivity index (χ1) is 8.74. The molecule has 5 heteroatoms. The lowest BCUT2D eigenvalue weighted by Crippen LogP contribution is -2.32. The Morgan fingerprint density at radius 1 is 1.44 bits per heavy atom. The molecule has 0 fully saturated rings. The summed E-state index contributed by atoms with van der Waals surface area (Å²) in [5.41, 5.74) is 2.24. The Kier molecular flexibility index (Phi) is 2.91. The number of hydrogen-bond donors (Lipinski definition) is 0.